The second kappa shape index (κ2) is 8.29. The lowest BCUT2D eigenvalue weighted by atomic mass is 9.84. The Bertz CT molecular complexity index is 1450. The lowest BCUT2D eigenvalue weighted by Crippen LogP contribution is -2.67. The molecule has 3 saturated heterocycles. The number of esters is 1. The van der Waals surface area contributed by atoms with E-state index in [0.29, 0.717) is 5.69 Å². The van der Waals surface area contributed by atoms with Gasteiger partial charge in [0, 0.05) is 4.75 Å². The van der Waals surface area contributed by atoms with Gasteiger partial charge in [0.15, 0.2) is 6.10 Å². The van der Waals surface area contributed by atoms with Gasteiger partial charge in [-0.25, -0.2) is 9.69 Å². The molecule has 3 aromatic rings. The van der Waals surface area contributed by atoms with Crippen LogP contribution in [0.2, 0.25) is 0 Å². The number of carbonyl (C=O) groups excluding carboxylic acids is 4. The number of fused-ring (bicyclic) bond motifs is 5. The van der Waals surface area contributed by atoms with Crippen LogP contribution in [0.4, 0.5) is 5.69 Å². The van der Waals surface area contributed by atoms with Gasteiger partial charge in [0.1, 0.15) is 11.5 Å². The highest BCUT2D eigenvalue weighted by Gasteiger charge is 2.92. The second-order valence-electron chi connectivity index (χ2n) is 11.1. The number of thioether (sulfide) groups is 1. The second-order valence-corrected chi connectivity index (χ2v) is 12.8. The maximum atomic E-state index is 13.8. The van der Waals surface area contributed by atoms with Gasteiger partial charge in [-0.05, 0) is 37.1 Å². The van der Waals surface area contributed by atoms with Crippen molar-refractivity contribution < 1.29 is 23.9 Å². The predicted octanol–water partition coefficient (Wildman–Crippen LogP) is 4.19. The fraction of sp³-hybridized carbons (Fsp3) is 0.290. The van der Waals surface area contributed by atoms with E-state index in [4.69, 9.17) is 4.74 Å². The molecule has 39 heavy (non-hydrogen) atoms. The Morgan fingerprint density at radius 1 is 0.795 bits per heavy atom. The van der Waals surface area contributed by atoms with E-state index < -0.39 is 45.5 Å². The number of benzene rings is 3. The Hall–Kier alpha value is -3.91. The van der Waals surface area contributed by atoms with Crippen molar-refractivity contribution in [3.8, 4) is 0 Å². The summed E-state index contributed by atoms with van der Waals surface area (Å²) in [5, 5.41) is -0.426. The minimum atomic E-state index is -1.06. The van der Waals surface area contributed by atoms with Crippen LogP contribution < -0.4 is 4.90 Å². The van der Waals surface area contributed by atoms with Crippen LogP contribution in [0.5, 0.6) is 0 Å². The van der Waals surface area contributed by atoms with E-state index >= 15 is 0 Å². The summed E-state index contributed by atoms with van der Waals surface area (Å²) < 4.78 is 5.49. The van der Waals surface area contributed by atoms with E-state index in [0.717, 1.165) is 11.1 Å². The third-order valence-corrected chi connectivity index (χ3v) is 10.2. The summed E-state index contributed by atoms with van der Waals surface area (Å²) in [6.45, 7) is 3.84. The van der Waals surface area contributed by atoms with Crippen molar-refractivity contribution in [2.45, 2.75) is 36.1 Å². The highest BCUT2D eigenvalue weighted by atomic mass is 32.2. The summed E-state index contributed by atoms with van der Waals surface area (Å²) in [7, 11) is 0. The van der Waals surface area contributed by atoms with E-state index in [1.165, 1.54) is 16.7 Å². The number of imide groups is 1. The molecule has 4 fully saturated rings. The molecule has 1 spiro atoms. The van der Waals surface area contributed by atoms with Gasteiger partial charge >= 0.3 is 5.97 Å². The number of β-lactam (4-membered cyclic amide) rings is 1. The van der Waals surface area contributed by atoms with Crippen LogP contribution in [-0.2, 0) is 23.9 Å². The Morgan fingerprint density at radius 2 is 1.28 bits per heavy atom. The zero-order chi connectivity index (χ0) is 27.1. The largest absolute Gasteiger partial charge is 0.451 e. The van der Waals surface area contributed by atoms with Crippen LogP contribution in [-0.4, -0.2) is 44.8 Å². The minimum absolute atomic E-state index is 0.298. The van der Waals surface area contributed by atoms with E-state index in [2.05, 4.69) is 0 Å². The van der Waals surface area contributed by atoms with E-state index in [-0.39, 0.29) is 17.7 Å². The molecule has 1 aliphatic carbocycles. The average molecular weight is 539 g/mol. The van der Waals surface area contributed by atoms with Crippen molar-refractivity contribution in [2.24, 2.45) is 17.3 Å². The topological polar surface area (TPSA) is 84.0 Å². The summed E-state index contributed by atoms with van der Waals surface area (Å²) >= 11 is 1.49. The van der Waals surface area contributed by atoms with E-state index in [9.17, 15) is 19.2 Å². The molecule has 1 unspecified atom stereocenters. The molecule has 7 rings (SSSR count). The first kappa shape index (κ1) is 24.2. The maximum Gasteiger partial charge on any atom is 0.331 e. The number of para-hydroxylation sites is 1. The smallest absolute Gasteiger partial charge is 0.331 e. The van der Waals surface area contributed by atoms with Crippen molar-refractivity contribution in [1.29, 1.82) is 0 Å². The van der Waals surface area contributed by atoms with Crippen LogP contribution in [0.15, 0.2) is 91.0 Å². The predicted molar refractivity (Wildman–Crippen MR) is 145 cm³/mol. The van der Waals surface area contributed by atoms with Gasteiger partial charge in [0.25, 0.3) is 0 Å². The first-order chi connectivity index (χ1) is 18.8. The Balaban J connectivity index is 1.16. The molecule has 196 valence electrons. The molecule has 5 atom stereocenters. The highest BCUT2D eigenvalue weighted by molar-refractivity contribution is 8.01. The molecule has 3 amide bonds. The fourth-order valence-electron chi connectivity index (χ4n) is 6.75. The van der Waals surface area contributed by atoms with E-state index in [1.807, 2.05) is 80.6 Å². The van der Waals surface area contributed by atoms with Crippen LogP contribution in [0.25, 0.3) is 0 Å². The maximum absolute atomic E-state index is 13.8. The van der Waals surface area contributed by atoms with Gasteiger partial charge in [-0.15, -0.1) is 11.8 Å². The molecule has 7 nitrogen and oxygen atoms in total. The number of carbonyl (C=O) groups is 4. The van der Waals surface area contributed by atoms with Crippen LogP contribution in [0.1, 0.15) is 31.1 Å². The molecule has 0 radical (unpaired) electrons. The van der Waals surface area contributed by atoms with Crippen molar-refractivity contribution in [3.63, 3.8) is 0 Å². The molecule has 3 heterocycles. The van der Waals surface area contributed by atoms with Gasteiger partial charge < -0.3 is 9.64 Å². The fourth-order valence-corrected chi connectivity index (χ4v) is 8.58. The zero-order valence-electron chi connectivity index (χ0n) is 21.4. The molecule has 0 N–H and O–H groups in total. The average Bonchev–Trinajstić information content (AvgIpc) is 3.52. The molecule has 0 bridgehead atoms. The quantitative estimate of drug-likeness (QED) is 0.275. The minimum Gasteiger partial charge on any atom is -0.451 e. The van der Waals surface area contributed by atoms with Crippen LogP contribution in [0.3, 0.4) is 0 Å². The summed E-state index contributed by atoms with van der Waals surface area (Å²) in [5.74, 6) is -2.82. The number of ether oxygens (including phenoxy) is 1. The molecule has 3 aliphatic heterocycles. The van der Waals surface area contributed by atoms with Crippen LogP contribution in [0, 0.1) is 17.3 Å². The summed E-state index contributed by atoms with van der Waals surface area (Å²) in [6.07, 6.45) is -0.631. The number of hydrogen-bond donors (Lipinski definition) is 0. The van der Waals surface area contributed by atoms with Crippen molar-refractivity contribution in [2.75, 3.05) is 4.90 Å². The zero-order valence-corrected chi connectivity index (χ0v) is 22.2. The normalized spacial score (nSPS) is 29.9. The van der Waals surface area contributed by atoms with Gasteiger partial charge in [0.2, 0.25) is 17.7 Å². The number of anilines is 1. The Labute approximate surface area is 230 Å². The van der Waals surface area contributed by atoms with Gasteiger partial charge in [-0.3, -0.25) is 14.4 Å². The third-order valence-electron chi connectivity index (χ3n) is 8.52. The number of piperidine rings is 1. The van der Waals surface area contributed by atoms with Crippen molar-refractivity contribution >= 4 is 41.1 Å². The van der Waals surface area contributed by atoms with Crippen molar-refractivity contribution in [3.05, 3.63) is 102 Å². The van der Waals surface area contributed by atoms with E-state index in [1.54, 1.807) is 29.2 Å². The van der Waals surface area contributed by atoms with Crippen LogP contribution >= 0.6 is 11.8 Å². The van der Waals surface area contributed by atoms with Gasteiger partial charge in [-0.1, -0.05) is 78.9 Å². The highest BCUT2D eigenvalue weighted by Crippen LogP contribution is 2.77. The lowest BCUT2D eigenvalue weighted by Gasteiger charge is -2.47. The molecule has 8 heteroatoms. The summed E-state index contributed by atoms with van der Waals surface area (Å²) in [6, 6.07) is 27.0. The van der Waals surface area contributed by atoms with Gasteiger partial charge in [0.05, 0.1) is 22.9 Å². The Kier molecular flexibility index (Phi) is 5.14. The monoisotopic (exact) mass is 538 g/mol. The number of nitrogens with zero attached hydrogens (tertiary/aromatic N) is 2. The first-order valence-corrected chi connectivity index (χ1v) is 13.9. The third kappa shape index (κ3) is 3.18. The molecule has 0 aromatic heterocycles. The summed E-state index contributed by atoms with van der Waals surface area (Å²) in [4.78, 5) is 57.1. The molecule has 4 aliphatic rings. The SMILES string of the molecule is CC1(C)S[C@H]2N(C(=O)C23[C@@H]2C(=O)N(c4ccccc4)C(=O)[C@@H]23)[C@H]1C(=O)OC(c1ccccc1)c1ccccc1. The lowest BCUT2D eigenvalue weighted by molar-refractivity contribution is -0.173. The molecular weight excluding hydrogens is 512 g/mol. The Morgan fingerprint density at radius 3 is 1.79 bits per heavy atom. The molecular formula is C31H26N2O5S. The number of amides is 3. The number of hydrogen-bond acceptors (Lipinski definition) is 6. The molecule has 3 aromatic carbocycles. The first-order valence-electron chi connectivity index (χ1n) is 13.0. The summed E-state index contributed by atoms with van der Waals surface area (Å²) in [5.41, 5.74) is 1.12. The van der Waals surface area contributed by atoms with Gasteiger partial charge in [-0.2, -0.15) is 0 Å². The standard InChI is InChI=1S/C31H26N2O5S/c1-30(2)24(27(36)38-23(18-12-6-3-7-13-18)19-14-8-4-9-15-19)33-28(37)31(29(33)39-30)21-22(31)26(35)32(25(21)34)20-16-10-5-11-17-20/h3-17,21-24,29H,1-2H3/t21-,22+,24-,29+,31?/m0/s1. The number of rotatable bonds is 5. The van der Waals surface area contributed by atoms with Crippen molar-refractivity contribution in [1.82, 2.24) is 4.90 Å². The molecule has 1 saturated carbocycles.